The van der Waals surface area contributed by atoms with Gasteiger partial charge in [-0.15, -0.1) is 0 Å². The number of rotatable bonds is 4. The lowest BCUT2D eigenvalue weighted by molar-refractivity contribution is 0.00331. The lowest BCUT2D eigenvalue weighted by Crippen LogP contribution is -2.23. The Morgan fingerprint density at radius 3 is 2.56 bits per heavy atom. The van der Waals surface area contributed by atoms with Crippen LogP contribution in [0.15, 0.2) is 18.2 Å². The Morgan fingerprint density at radius 2 is 1.94 bits per heavy atom. The standard InChI is InChI=1S/C12H17F2NO/c1-12(2,3)16-8-7-15-10-6-4-5-9(13)11(10)14/h4-6,15H,7-8H2,1-3H3. The molecular formula is C12H17F2NO. The van der Waals surface area contributed by atoms with Crippen molar-refractivity contribution >= 4 is 5.69 Å². The smallest absolute Gasteiger partial charge is 0.181 e. The number of halogens is 2. The van der Waals surface area contributed by atoms with Gasteiger partial charge >= 0.3 is 0 Å². The highest BCUT2D eigenvalue weighted by Gasteiger charge is 2.10. The third-order valence-electron chi connectivity index (χ3n) is 1.90. The summed E-state index contributed by atoms with van der Waals surface area (Å²) in [4.78, 5) is 0. The number of hydrogen-bond acceptors (Lipinski definition) is 2. The number of anilines is 1. The van der Waals surface area contributed by atoms with E-state index >= 15 is 0 Å². The Kier molecular flexibility index (Phi) is 4.24. The van der Waals surface area contributed by atoms with Gasteiger partial charge in [0.2, 0.25) is 0 Å². The molecule has 0 fully saturated rings. The van der Waals surface area contributed by atoms with Crippen molar-refractivity contribution in [3.63, 3.8) is 0 Å². The van der Waals surface area contributed by atoms with Crippen molar-refractivity contribution in [2.24, 2.45) is 0 Å². The molecule has 0 radical (unpaired) electrons. The third kappa shape index (κ3) is 4.14. The van der Waals surface area contributed by atoms with Crippen LogP contribution in [0.2, 0.25) is 0 Å². The maximum Gasteiger partial charge on any atom is 0.181 e. The minimum absolute atomic E-state index is 0.164. The van der Waals surface area contributed by atoms with E-state index in [1.807, 2.05) is 20.8 Å². The molecule has 0 atom stereocenters. The fraction of sp³-hybridized carbons (Fsp3) is 0.500. The number of hydrogen-bond donors (Lipinski definition) is 1. The minimum Gasteiger partial charge on any atom is -0.380 e. The van der Waals surface area contributed by atoms with Crippen LogP contribution in [0.3, 0.4) is 0 Å². The fourth-order valence-corrected chi connectivity index (χ4v) is 1.18. The molecule has 0 aromatic heterocycles. The van der Waals surface area contributed by atoms with Gasteiger partial charge in [-0.05, 0) is 32.9 Å². The normalized spacial score (nSPS) is 11.6. The van der Waals surface area contributed by atoms with Gasteiger partial charge in [0, 0.05) is 6.54 Å². The monoisotopic (exact) mass is 229 g/mol. The van der Waals surface area contributed by atoms with E-state index in [0.29, 0.717) is 13.2 Å². The molecule has 0 unspecified atom stereocenters. The largest absolute Gasteiger partial charge is 0.380 e. The second-order valence-electron chi connectivity index (χ2n) is 4.49. The van der Waals surface area contributed by atoms with Crippen LogP contribution in [0.25, 0.3) is 0 Å². The predicted molar refractivity (Wildman–Crippen MR) is 60.6 cm³/mol. The van der Waals surface area contributed by atoms with Crippen molar-refractivity contribution in [1.82, 2.24) is 0 Å². The van der Waals surface area contributed by atoms with Crippen LogP contribution in [0.4, 0.5) is 14.5 Å². The van der Waals surface area contributed by atoms with E-state index in [4.69, 9.17) is 4.74 Å². The first-order chi connectivity index (χ1) is 7.40. The Labute approximate surface area is 94.6 Å². The van der Waals surface area contributed by atoms with Gasteiger partial charge in [-0.3, -0.25) is 0 Å². The van der Waals surface area contributed by atoms with Crippen LogP contribution in [0.1, 0.15) is 20.8 Å². The highest BCUT2D eigenvalue weighted by molar-refractivity contribution is 5.44. The average molecular weight is 229 g/mol. The van der Waals surface area contributed by atoms with Crippen LogP contribution >= 0.6 is 0 Å². The molecule has 0 saturated carbocycles. The van der Waals surface area contributed by atoms with Crippen molar-refractivity contribution in [1.29, 1.82) is 0 Å². The third-order valence-corrected chi connectivity index (χ3v) is 1.90. The maximum atomic E-state index is 13.2. The molecule has 4 heteroatoms. The van der Waals surface area contributed by atoms with E-state index in [1.54, 1.807) is 0 Å². The highest BCUT2D eigenvalue weighted by atomic mass is 19.2. The summed E-state index contributed by atoms with van der Waals surface area (Å²) in [5, 5.41) is 2.79. The molecule has 90 valence electrons. The van der Waals surface area contributed by atoms with E-state index in [-0.39, 0.29) is 11.3 Å². The second kappa shape index (κ2) is 5.25. The van der Waals surface area contributed by atoms with E-state index in [9.17, 15) is 8.78 Å². The molecule has 1 N–H and O–H groups in total. The topological polar surface area (TPSA) is 21.3 Å². The van der Waals surface area contributed by atoms with Crippen molar-refractivity contribution < 1.29 is 13.5 Å². The molecule has 16 heavy (non-hydrogen) atoms. The van der Waals surface area contributed by atoms with Crippen LogP contribution in [0.5, 0.6) is 0 Å². The summed E-state index contributed by atoms with van der Waals surface area (Å²) in [6.07, 6.45) is 0. The Balaban J connectivity index is 2.41. The Hall–Kier alpha value is -1.16. The summed E-state index contributed by atoms with van der Waals surface area (Å²) in [6.45, 7) is 6.71. The van der Waals surface area contributed by atoms with Crippen LogP contribution in [0, 0.1) is 11.6 Å². The lowest BCUT2D eigenvalue weighted by atomic mass is 10.2. The van der Waals surface area contributed by atoms with Gasteiger partial charge in [0.25, 0.3) is 0 Å². The molecule has 0 bridgehead atoms. The predicted octanol–water partition coefficient (Wildman–Crippen LogP) is 3.19. The zero-order valence-electron chi connectivity index (χ0n) is 9.81. The van der Waals surface area contributed by atoms with Gasteiger partial charge in [-0.25, -0.2) is 8.78 Å². The molecule has 1 aromatic carbocycles. The molecule has 0 heterocycles. The molecule has 1 rings (SSSR count). The molecule has 0 saturated heterocycles. The van der Waals surface area contributed by atoms with E-state index < -0.39 is 11.6 Å². The first-order valence-corrected chi connectivity index (χ1v) is 5.22. The quantitative estimate of drug-likeness (QED) is 0.800. The number of ether oxygens (including phenoxy) is 1. The fourth-order valence-electron chi connectivity index (χ4n) is 1.18. The summed E-state index contributed by atoms with van der Waals surface area (Å²) in [6, 6.07) is 4.05. The molecular weight excluding hydrogens is 212 g/mol. The van der Waals surface area contributed by atoms with E-state index in [2.05, 4.69) is 5.32 Å². The first-order valence-electron chi connectivity index (χ1n) is 5.22. The summed E-state index contributed by atoms with van der Waals surface area (Å²) in [7, 11) is 0. The first kappa shape index (κ1) is 12.9. The molecule has 0 amide bonds. The molecule has 2 nitrogen and oxygen atoms in total. The van der Waals surface area contributed by atoms with E-state index in [0.717, 1.165) is 6.07 Å². The van der Waals surface area contributed by atoms with Gasteiger partial charge in [-0.2, -0.15) is 0 Å². The van der Waals surface area contributed by atoms with Crippen LogP contribution < -0.4 is 5.32 Å². The average Bonchev–Trinajstić information content (AvgIpc) is 2.17. The Morgan fingerprint density at radius 1 is 1.25 bits per heavy atom. The van der Waals surface area contributed by atoms with Gasteiger partial charge in [0.05, 0.1) is 17.9 Å². The van der Waals surface area contributed by atoms with Crippen molar-refractivity contribution in [2.45, 2.75) is 26.4 Å². The van der Waals surface area contributed by atoms with Crippen molar-refractivity contribution in [3.05, 3.63) is 29.8 Å². The summed E-state index contributed by atoms with van der Waals surface area (Å²) >= 11 is 0. The van der Waals surface area contributed by atoms with Gasteiger partial charge in [0.1, 0.15) is 0 Å². The van der Waals surface area contributed by atoms with E-state index in [1.165, 1.54) is 12.1 Å². The minimum atomic E-state index is -0.849. The van der Waals surface area contributed by atoms with Crippen molar-refractivity contribution in [3.8, 4) is 0 Å². The lowest BCUT2D eigenvalue weighted by Gasteiger charge is -2.19. The molecule has 0 aliphatic carbocycles. The van der Waals surface area contributed by atoms with Gasteiger partial charge in [-0.1, -0.05) is 6.07 Å². The second-order valence-corrected chi connectivity index (χ2v) is 4.49. The number of nitrogens with one attached hydrogen (secondary N) is 1. The van der Waals surface area contributed by atoms with Crippen LogP contribution in [-0.4, -0.2) is 18.8 Å². The molecule has 0 spiro atoms. The summed E-state index contributed by atoms with van der Waals surface area (Å²) < 4.78 is 31.5. The SMILES string of the molecule is CC(C)(C)OCCNc1cccc(F)c1F. The Bertz CT molecular complexity index is 347. The summed E-state index contributed by atoms with van der Waals surface area (Å²) in [5.74, 6) is -1.69. The van der Waals surface area contributed by atoms with Gasteiger partial charge < -0.3 is 10.1 Å². The highest BCUT2D eigenvalue weighted by Crippen LogP contribution is 2.16. The summed E-state index contributed by atoms with van der Waals surface area (Å²) in [5.41, 5.74) is -0.0557. The van der Waals surface area contributed by atoms with Crippen LogP contribution in [-0.2, 0) is 4.74 Å². The maximum absolute atomic E-state index is 13.2. The number of benzene rings is 1. The zero-order valence-corrected chi connectivity index (χ0v) is 9.81. The zero-order chi connectivity index (χ0) is 12.2. The molecule has 0 aliphatic rings. The molecule has 0 aliphatic heterocycles. The molecule has 1 aromatic rings. The van der Waals surface area contributed by atoms with Gasteiger partial charge in [0.15, 0.2) is 11.6 Å². The van der Waals surface area contributed by atoms with Crippen molar-refractivity contribution in [2.75, 3.05) is 18.5 Å².